The quantitative estimate of drug-likeness (QED) is 0.914. The Kier molecular flexibility index (Phi) is 4.31. The highest BCUT2D eigenvalue weighted by Gasteiger charge is 2.19. The third-order valence-corrected chi connectivity index (χ3v) is 3.68. The van der Waals surface area contributed by atoms with Crippen molar-refractivity contribution in [3.8, 4) is 0 Å². The molecule has 0 bridgehead atoms. The zero-order valence-corrected chi connectivity index (χ0v) is 12.2. The van der Waals surface area contributed by atoms with Crippen LogP contribution in [0.15, 0.2) is 17.8 Å². The summed E-state index contributed by atoms with van der Waals surface area (Å²) in [5.74, 6) is 0.743. The molecule has 0 saturated carbocycles. The molecule has 6 heteroatoms. The van der Waals surface area contributed by atoms with Crippen molar-refractivity contribution in [1.82, 2.24) is 19.9 Å². The predicted molar refractivity (Wildman–Crippen MR) is 75.2 cm³/mol. The Balaban J connectivity index is 2.13. The van der Waals surface area contributed by atoms with Gasteiger partial charge in [-0.1, -0.05) is 13.3 Å². The topological polar surface area (TPSA) is 59.8 Å². The van der Waals surface area contributed by atoms with Crippen LogP contribution >= 0.6 is 11.3 Å². The van der Waals surface area contributed by atoms with Crippen LogP contribution in [0.4, 0.5) is 0 Å². The summed E-state index contributed by atoms with van der Waals surface area (Å²) in [5.41, 5.74) is 0.484. The predicted octanol–water partition coefficient (Wildman–Crippen LogP) is 2.46. The molecule has 0 fully saturated rings. The van der Waals surface area contributed by atoms with Crippen LogP contribution in [0, 0.1) is 6.92 Å². The molecule has 0 saturated heterocycles. The van der Waals surface area contributed by atoms with Gasteiger partial charge in [0, 0.05) is 24.8 Å². The Morgan fingerprint density at radius 2 is 2.37 bits per heavy atom. The highest BCUT2D eigenvalue weighted by Crippen LogP contribution is 2.17. The maximum Gasteiger partial charge on any atom is 0.271 e. The number of hydrogen-bond donors (Lipinski definition) is 1. The zero-order valence-electron chi connectivity index (χ0n) is 11.4. The molecule has 2 aromatic heterocycles. The summed E-state index contributed by atoms with van der Waals surface area (Å²) in [7, 11) is 1.93. The van der Waals surface area contributed by atoms with Gasteiger partial charge >= 0.3 is 0 Å². The second-order valence-corrected chi connectivity index (χ2v) is 5.53. The van der Waals surface area contributed by atoms with Gasteiger partial charge in [0.2, 0.25) is 0 Å². The number of amides is 1. The summed E-state index contributed by atoms with van der Waals surface area (Å²) in [4.78, 5) is 20.7. The maximum atomic E-state index is 12.1. The minimum Gasteiger partial charge on any atom is -0.341 e. The van der Waals surface area contributed by atoms with Crippen LogP contribution in [0.5, 0.6) is 0 Å². The SMILES string of the molecule is CCC[C@H](NC(=O)c1csc(C)n1)c1nccn1C. The maximum absolute atomic E-state index is 12.1. The molecule has 2 aromatic rings. The molecule has 0 aliphatic carbocycles. The fourth-order valence-corrected chi connectivity index (χ4v) is 2.56. The van der Waals surface area contributed by atoms with E-state index in [1.165, 1.54) is 11.3 Å². The third kappa shape index (κ3) is 3.20. The second kappa shape index (κ2) is 5.97. The minimum absolute atomic E-state index is 0.0699. The van der Waals surface area contributed by atoms with Gasteiger partial charge in [0.1, 0.15) is 11.5 Å². The van der Waals surface area contributed by atoms with Crippen LogP contribution in [0.25, 0.3) is 0 Å². The van der Waals surface area contributed by atoms with E-state index < -0.39 is 0 Å². The molecule has 19 heavy (non-hydrogen) atoms. The second-order valence-electron chi connectivity index (χ2n) is 4.46. The van der Waals surface area contributed by atoms with E-state index in [-0.39, 0.29) is 11.9 Å². The van der Waals surface area contributed by atoms with Crippen LogP contribution in [0.3, 0.4) is 0 Å². The van der Waals surface area contributed by atoms with E-state index in [0.29, 0.717) is 5.69 Å². The number of nitrogens with zero attached hydrogens (tertiary/aromatic N) is 3. The van der Waals surface area contributed by atoms with Gasteiger partial charge < -0.3 is 9.88 Å². The first-order valence-electron chi connectivity index (χ1n) is 6.32. The monoisotopic (exact) mass is 278 g/mol. The Morgan fingerprint density at radius 1 is 1.58 bits per heavy atom. The molecule has 0 aromatic carbocycles. The molecule has 0 spiro atoms. The lowest BCUT2D eigenvalue weighted by atomic mass is 10.1. The van der Waals surface area contributed by atoms with Gasteiger partial charge in [-0.2, -0.15) is 0 Å². The summed E-state index contributed by atoms with van der Waals surface area (Å²) >= 11 is 1.48. The first-order valence-corrected chi connectivity index (χ1v) is 7.20. The normalized spacial score (nSPS) is 12.4. The van der Waals surface area contributed by atoms with E-state index in [0.717, 1.165) is 23.7 Å². The fraction of sp³-hybridized carbons (Fsp3) is 0.462. The summed E-state index contributed by atoms with van der Waals surface area (Å²) in [6.45, 7) is 3.98. The Hall–Kier alpha value is -1.69. The number of nitrogens with one attached hydrogen (secondary N) is 1. The van der Waals surface area contributed by atoms with Crippen LogP contribution < -0.4 is 5.32 Å². The van der Waals surface area contributed by atoms with Crippen molar-refractivity contribution in [1.29, 1.82) is 0 Å². The zero-order chi connectivity index (χ0) is 13.8. The van der Waals surface area contributed by atoms with E-state index >= 15 is 0 Å². The standard InChI is InChI=1S/C13H18N4OS/c1-4-5-10(12-14-6-7-17(12)3)16-13(18)11-8-19-9(2)15-11/h6-8,10H,4-5H2,1-3H3,(H,16,18)/t10-/m0/s1. The number of rotatable bonds is 5. The van der Waals surface area contributed by atoms with E-state index in [2.05, 4.69) is 22.2 Å². The van der Waals surface area contributed by atoms with Crippen LogP contribution in [0.1, 0.15) is 47.1 Å². The Labute approximate surface area is 116 Å². The highest BCUT2D eigenvalue weighted by molar-refractivity contribution is 7.09. The van der Waals surface area contributed by atoms with Crippen LogP contribution in [0.2, 0.25) is 0 Å². The van der Waals surface area contributed by atoms with E-state index in [1.807, 2.05) is 24.7 Å². The van der Waals surface area contributed by atoms with Gasteiger partial charge in [0.25, 0.3) is 5.91 Å². The van der Waals surface area contributed by atoms with E-state index in [4.69, 9.17) is 0 Å². The summed E-state index contributed by atoms with van der Waals surface area (Å²) in [6.07, 6.45) is 5.47. The molecule has 0 aliphatic heterocycles. The molecule has 2 rings (SSSR count). The summed E-state index contributed by atoms with van der Waals surface area (Å²) in [5, 5.41) is 5.69. The number of hydrogen-bond acceptors (Lipinski definition) is 4. The van der Waals surface area contributed by atoms with Gasteiger partial charge in [0.15, 0.2) is 0 Å². The number of aryl methyl sites for hydroxylation is 2. The largest absolute Gasteiger partial charge is 0.341 e. The van der Waals surface area contributed by atoms with Crippen molar-refractivity contribution in [2.24, 2.45) is 7.05 Å². The molecule has 2 heterocycles. The smallest absolute Gasteiger partial charge is 0.271 e. The van der Waals surface area contributed by atoms with Crippen molar-refractivity contribution < 1.29 is 4.79 Å². The van der Waals surface area contributed by atoms with E-state index in [9.17, 15) is 4.79 Å². The van der Waals surface area contributed by atoms with Crippen LogP contribution in [-0.2, 0) is 7.05 Å². The lowest BCUT2D eigenvalue weighted by molar-refractivity contribution is 0.0927. The van der Waals surface area contributed by atoms with Gasteiger partial charge in [-0.05, 0) is 13.3 Å². The van der Waals surface area contributed by atoms with Crippen molar-refractivity contribution in [2.75, 3.05) is 0 Å². The molecule has 1 N–H and O–H groups in total. The lowest BCUT2D eigenvalue weighted by Crippen LogP contribution is -2.30. The van der Waals surface area contributed by atoms with Crippen molar-refractivity contribution in [2.45, 2.75) is 32.7 Å². The average Bonchev–Trinajstić information content (AvgIpc) is 2.97. The van der Waals surface area contributed by atoms with E-state index in [1.54, 1.807) is 11.6 Å². The van der Waals surface area contributed by atoms with Crippen molar-refractivity contribution in [3.05, 3.63) is 34.3 Å². The van der Waals surface area contributed by atoms with Gasteiger partial charge in [0.05, 0.1) is 11.0 Å². The molecular weight excluding hydrogens is 260 g/mol. The number of imidazole rings is 1. The van der Waals surface area contributed by atoms with Crippen LogP contribution in [-0.4, -0.2) is 20.4 Å². The molecule has 1 atom stereocenters. The molecule has 102 valence electrons. The van der Waals surface area contributed by atoms with Gasteiger partial charge in [-0.15, -0.1) is 11.3 Å². The Morgan fingerprint density at radius 3 is 2.89 bits per heavy atom. The first kappa shape index (κ1) is 13.7. The highest BCUT2D eigenvalue weighted by atomic mass is 32.1. The number of thiazole rings is 1. The van der Waals surface area contributed by atoms with Crippen molar-refractivity contribution >= 4 is 17.2 Å². The number of carbonyl (C=O) groups is 1. The molecule has 0 aliphatic rings. The number of carbonyl (C=O) groups excluding carboxylic acids is 1. The lowest BCUT2D eigenvalue weighted by Gasteiger charge is -2.17. The fourth-order valence-electron chi connectivity index (χ4n) is 1.97. The number of aromatic nitrogens is 3. The molecule has 1 amide bonds. The molecule has 0 unspecified atom stereocenters. The van der Waals surface area contributed by atoms with Gasteiger partial charge in [-0.25, -0.2) is 9.97 Å². The molecule has 5 nitrogen and oxygen atoms in total. The Bertz CT molecular complexity index is 560. The average molecular weight is 278 g/mol. The van der Waals surface area contributed by atoms with Gasteiger partial charge in [-0.3, -0.25) is 4.79 Å². The first-order chi connectivity index (χ1) is 9.11. The summed E-state index contributed by atoms with van der Waals surface area (Å²) < 4.78 is 1.94. The molecular formula is C13H18N4OS. The minimum atomic E-state index is -0.134. The summed E-state index contributed by atoms with van der Waals surface area (Å²) in [6, 6.07) is -0.0699. The third-order valence-electron chi connectivity index (χ3n) is 2.90. The van der Waals surface area contributed by atoms with Crippen molar-refractivity contribution in [3.63, 3.8) is 0 Å². The molecule has 0 radical (unpaired) electrons.